The Labute approximate surface area is 203 Å². The van der Waals surface area contributed by atoms with Crippen molar-refractivity contribution < 1.29 is 28.9 Å². The Kier molecular flexibility index (Phi) is 5.94. The summed E-state index contributed by atoms with van der Waals surface area (Å²) in [5.41, 5.74) is 1.17. The highest BCUT2D eigenvalue weighted by Gasteiger charge is 2.51. The smallest absolute Gasteiger partial charge is 0.341 e. The van der Waals surface area contributed by atoms with Crippen LogP contribution in [0.3, 0.4) is 0 Å². The third-order valence-electron chi connectivity index (χ3n) is 7.20. The topological polar surface area (TPSA) is 85.3 Å². The first-order chi connectivity index (χ1) is 16.2. The van der Waals surface area contributed by atoms with E-state index in [0.717, 1.165) is 24.2 Å². The number of aliphatic carboxylic acids is 1. The molecule has 3 aliphatic heterocycles. The van der Waals surface area contributed by atoms with E-state index in [2.05, 4.69) is 13.8 Å². The molecule has 2 aromatic carbocycles. The number of halogens is 1. The van der Waals surface area contributed by atoms with E-state index in [1.807, 2.05) is 23.1 Å². The monoisotopic (exact) mass is 485 g/mol. The number of ether oxygens (including phenoxy) is 3. The summed E-state index contributed by atoms with van der Waals surface area (Å²) >= 11 is 6.28. The van der Waals surface area contributed by atoms with Crippen LogP contribution in [0.25, 0.3) is 0 Å². The number of fused-ring (bicyclic) bond motifs is 4. The first kappa shape index (κ1) is 23.0. The highest BCUT2D eigenvalue weighted by Crippen LogP contribution is 2.53. The van der Waals surface area contributed by atoms with Crippen LogP contribution in [0.1, 0.15) is 48.7 Å². The van der Waals surface area contributed by atoms with Gasteiger partial charge in [-0.1, -0.05) is 11.6 Å². The predicted octanol–water partition coefficient (Wildman–Crippen LogP) is 4.58. The van der Waals surface area contributed by atoms with Crippen molar-refractivity contribution in [2.45, 2.75) is 44.5 Å². The van der Waals surface area contributed by atoms with Gasteiger partial charge in [0.25, 0.3) is 5.91 Å². The Morgan fingerprint density at radius 1 is 1.21 bits per heavy atom. The number of rotatable bonds is 4. The van der Waals surface area contributed by atoms with E-state index in [0.29, 0.717) is 29.4 Å². The van der Waals surface area contributed by atoms with Crippen LogP contribution in [-0.2, 0) is 9.53 Å². The standard InChI is InChI=1S/C26H28ClNO6/c1-26(2)20-11-16-13-28(25(31)15-3-6-18(7-4-15)32-14-23(29)30)10-9-21(16)33-24(20)19-12-17(27)5-8-22(19)34-26/h3-8,12,16,20-21,24H,9-11,13-14H2,1-2H3,(H,29,30)/t16-,20-,21-,24+/m0/s1. The zero-order valence-corrected chi connectivity index (χ0v) is 20.0. The third-order valence-corrected chi connectivity index (χ3v) is 7.44. The van der Waals surface area contributed by atoms with Gasteiger partial charge < -0.3 is 24.2 Å². The van der Waals surface area contributed by atoms with E-state index < -0.39 is 18.2 Å². The summed E-state index contributed by atoms with van der Waals surface area (Å²) in [6, 6.07) is 12.3. The Balaban J connectivity index is 1.29. The maximum absolute atomic E-state index is 13.2. The van der Waals surface area contributed by atoms with E-state index >= 15 is 0 Å². The van der Waals surface area contributed by atoms with Gasteiger partial charge >= 0.3 is 5.97 Å². The van der Waals surface area contributed by atoms with Crippen molar-refractivity contribution in [3.63, 3.8) is 0 Å². The second kappa shape index (κ2) is 8.78. The molecule has 34 heavy (non-hydrogen) atoms. The quantitative estimate of drug-likeness (QED) is 0.682. The first-order valence-corrected chi connectivity index (χ1v) is 12.0. The molecule has 0 spiro atoms. The average Bonchev–Trinajstić information content (AvgIpc) is 2.82. The van der Waals surface area contributed by atoms with E-state index in [-0.39, 0.29) is 30.0 Å². The van der Waals surface area contributed by atoms with Gasteiger partial charge in [0.1, 0.15) is 17.1 Å². The van der Waals surface area contributed by atoms with Crippen LogP contribution in [0.2, 0.25) is 5.02 Å². The van der Waals surface area contributed by atoms with Gasteiger partial charge in [-0.05, 0) is 69.2 Å². The zero-order valence-electron chi connectivity index (χ0n) is 19.2. The van der Waals surface area contributed by atoms with Crippen LogP contribution in [0.15, 0.2) is 42.5 Å². The van der Waals surface area contributed by atoms with Gasteiger partial charge in [-0.3, -0.25) is 4.79 Å². The summed E-state index contributed by atoms with van der Waals surface area (Å²) in [6.07, 6.45) is 1.69. The number of carboxylic acids is 1. The van der Waals surface area contributed by atoms with Crippen molar-refractivity contribution in [1.29, 1.82) is 0 Å². The minimum Gasteiger partial charge on any atom is -0.487 e. The minimum absolute atomic E-state index is 0.0401. The van der Waals surface area contributed by atoms with Gasteiger partial charge in [-0.15, -0.1) is 0 Å². The van der Waals surface area contributed by atoms with Crippen molar-refractivity contribution in [1.82, 2.24) is 4.90 Å². The number of hydrogen-bond donors (Lipinski definition) is 1. The molecule has 2 saturated heterocycles. The zero-order chi connectivity index (χ0) is 24.0. The molecule has 2 aromatic rings. The van der Waals surface area contributed by atoms with Gasteiger partial charge in [0.2, 0.25) is 0 Å². The fourth-order valence-corrected chi connectivity index (χ4v) is 5.67. The average molecular weight is 486 g/mol. The molecule has 2 fully saturated rings. The third kappa shape index (κ3) is 4.34. The van der Waals surface area contributed by atoms with Gasteiger partial charge in [0.05, 0.1) is 12.2 Å². The van der Waals surface area contributed by atoms with Gasteiger partial charge in [0, 0.05) is 41.1 Å². The van der Waals surface area contributed by atoms with Gasteiger partial charge in [0.15, 0.2) is 6.61 Å². The summed E-state index contributed by atoms with van der Waals surface area (Å²) in [5, 5.41) is 9.41. The SMILES string of the molecule is CC1(C)Oc2ccc(Cl)cc2[C@H]2O[C@H]3CCN(C(=O)c4ccc(OCC(=O)O)cc4)C[C@@H]3C[C@@H]21. The molecule has 5 rings (SSSR count). The summed E-state index contributed by atoms with van der Waals surface area (Å²) < 4.78 is 18.2. The number of carbonyl (C=O) groups is 2. The number of hydrogen-bond acceptors (Lipinski definition) is 5. The second-order valence-electron chi connectivity index (χ2n) is 9.83. The molecule has 180 valence electrons. The molecule has 0 aromatic heterocycles. The van der Waals surface area contributed by atoms with Gasteiger partial charge in [-0.25, -0.2) is 4.79 Å². The number of piperidine rings is 1. The predicted molar refractivity (Wildman–Crippen MR) is 125 cm³/mol. The molecular formula is C26H28ClNO6. The number of amides is 1. The van der Waals surface area contributed by atoms with Crippen molar-refractivity contribution >= 4 is 23.5 Å². The normalized spacial score (nSPS) is 27.0. The lowest BCUT2D eigenvalue weighted by atomic mass is 9.70. The summed E-state index contributed by atoms with van der Waals surface area (Å²) in [7, 11) is 0. The Morgan fingerprint density at radius 3 is 2.71 bits per heavy atom. The van der Waals surface area contributed by atoms with Crippen LogP contribution in [-0.4, -0.2) is 53.3 Å². The maximum Gasteiger partial charge on any atom is 0.341 e. The molecule has 8 heteroatoms. The van der Waals surface area contributed by atoms with Crippen LogP contribution >= 0.6 is 11.6 Å². The van der Waals surface area contributed by atoms with Gasteiger partial charge in [-0.2, -0.15) is 0 Å². The van der Waals surface area contributed by atoms with E-state index in [1.165, 1.54) is 0 Å². The highest BCUT2D eigenvalue weighted by atomic mass is 35.5. The number of likely N-dealkylation sites (tertiary alicyclic amines) is 1. The lowest BCUT2D eigenvalue weighted by molar-refractivity contribution is -0.184. The van der Waals surface area contributed by atoms with Crippen LogP contribution < -0.4 is 9.47 Å². The molecule has 3 heterocycles. The highest BCUT2D eigenvalue weighted by molar-refractivity contribution is 6.30. The summed E-state index contributed by atoms with van der Waals surface area (Å²) in [4.78, 5) is 25.7. The molecule has 3 aliphatic rings. The molecule has 0 aliphatic carbocycles. The van der Waals surface area contributed by atoms with Crippen molar-refractivity contribution in [2.24, 2.45) is 11.8 Å². The lowest BCUT2D eigenvalue weighted by Crippen LogP contribution is -2.56. The maximum atomic E-state index is 13.2. The Morgan fingerprint density at radius 2 is 1.97 bits per heavy atom. The number of benzene rings is 2. The van der Waals surface area contributed by atoms with Crippen molar-refractivity contribution in [3.8, 4) is 11.5 Å². The number of nitrogens with zero attached hydrogens (tertiary/aromatic N) is 1. The molecule has 1 N–H and O–H groups in total. The lowest BCUT2D eigenvalue weighted by Gasteiger charge is -2.53. The minimum atomic E-state index is -1.04. The first-order valence-electron chi connectivity index (χ1n) is 11.6. The van der Waals surface area contributed by atoms with E-state index in [9.17, 15) is 9.59 Å². The fraction of sp³-hybridized carbons (Fsp3) is 0.462. The van der Waals surface area contributed by atoms with Crippen LogP contribution in [0, 0.1) is 11.8 Å². The summed E-state index contributed by atoms with van der Waals surface area (Å²) in [5.74, 6) is 0.544. The molecule has 0 unspecified atom stereocenters. The molecule has 0 saturated carbocycles. The molecule has 7 nitrogen and oxygen atoms in total. The molecule has 0 bridgehead atoms. The van der Waals surface area contributed by atoms with E-state index in [1.54, 1.807) is 24.3 Å². The van der Waals surface area contributed by atoms with Crippen LogP contribution in [0.4, 0.5) is 0 Å². The molecule has 1 amide bonds. The van der Waals surface area contributed by atoms with Crippen molar-refractivity contribution in [3.05, 3.63) is 58.6 Å². The number of carbonyl (C=O) groups excluding carboxylic acids is 1. The Hall–Kier alpha value is -2.77. The largest absolute Gasteiger partial charge is 0.487 e. The van der Waals surface area contributed by atoms with E-state index in [4.69, 9.17) is 30.9 Å². The Bertz CT molecular complexity index is 1100. The number of carboxylic acid groups (broad SMARTS) is 1. The molecule has 4 atom stereocenters. The molecular weight excluding hydrogens is 458 g/mol. The van der Waals surface area contributed by atoms with Crippen molar-refractivity contribution in [2.75, 3.05) is 19.7 Å². The second-order valence-corrected chi connectivity index (χ2v) is 10.3. The van der Waals surface area contributed by atoms with Crippen LogP contribution in [0.5, 0.6) is 11.5 Å². The fourth-order valence-electron chi connectivity index (χ4n) is 5.49. The molecule has 0 radical (unpaired) electrons. The summed E-state index contributed by atoms with van der Waals surface area (Å²) in [6.45, 7) is 5.04.